The molecule has 98 valence electrons. The summed E-state index contributed by atoms with van der Waals surface area (Å²) in [6.45, 7) is 4.87. The van der Waals surface area contributed by atoms with Crippen LogP contribution in [0, 0.1) is 5.82 Å². The zero-order valence-electron chi connectivity index (χ0n) is 10.1. The summed E-state index contributed by atoms with van der Waals surface area (Å²) in [5, 5.41) is 3.30. The molecular formula is C12H16FN3OS. The van der Waals surface area contributed by atoms with E-state index >= 15 is 0 Å². The van der Waals surface area contributed by atoms with Gasteiger partial charge in [-0.05, 0) is 24.4 Å². The lowest BCUT2D eigenvalue weighted by Crippen LogP contribution is -2.43. The molecule has 0 aromatic heterocycles. The lowest BCUT2D eigenvalue weighted by atomic mass is 10.2. The molecule has 0 fully saturated rings. The predicted octanol–water partition coefficient (Wildman–Crippen LogP) is 1.41. The Hall–Kier alpha value is -1.66. The summed E-state index contributed by atoms with van der Waals surface area (Å²) in [5.41, 5.74) is 6.25. The summed E-state index contributed by atoms with van der Waals surface area (Å²) in [4.78, 5) is 0. The van der Waals surface area contributed by atoms with Crippen molar-refractivity contribution in [3.05, 3.63) is 42.2 Å². The summed E-state index contributed by atoms with van der Waals surface area (Å²) >= 11 is 4.99. The van der Waals surface area contributed by atoms with Crippen LogP contribution in [-0.2, 0) is 4.74 Å². The maximum atomic E-state index is 13.4. The summed E-state index contributed by atoms with van der Waals surface area (Å²) in [7, 11) is 1.61. The van der Waals surface area contributed by atoms with Crippen molar-refractivity contribution in [3.63, 3.8) is 0 Å². The molecular weight excluding hydrogens is 253 g/mol. The molecule has 0 aliphatic rings. The number of rotatable bonds is 6. The normalized spacial score (nSPS) is 9.67. The zero-order valence-corrected chi connectivity index (χ0v) is 10.9. The van der Waals surface area contributed by atoms with Gasteiger partial charge in [-0.15, -0.1) is 0 Å². The van der Waals surface area contributed by atoms with Crippen LogP contribution >= 0.6 is 12.2 Å². The van der Waals surface area contributed by atoms with Crippen molar-refractivity contribution >= 4 is 23.0 Å². The minimum absolute atomic E-state index is 0.338. The molecule has 0 radical (unpaired) electrons. The molecule has 1 aromatic carbocycles. The minimum Gasteiger partial charge on any atom is -0.383 e. The lowest BCUT2D eigenvalue weighted by Gasteiger charge is -2.14. The van der Waals surface area contributed by atoms with Crippen LogP contribution in [0.3, 0.4) is 0 Å². The number of nitrogens with one attached hydrogen (secondary N) is 3. The van der Waals surface area contributed by atoms with Crippen molar-refractivity contribution in [1.29, 1.82) is 0 Å². The Balaban J connectivity index is 2.38. The van der Waals surface area contributed by atoms with E-state index in [0.717, 1.165) is 0 Å². The highest BCUT2D eigenvalue weighted by Gasteiger charge is 2.04. The van der Waals surface area contributed by atoms with E-state index in [1.165, 1.54) is 6.07 Å². The number of ether oxygens (including phenoxy) is 1. The molecule has 0 heterocycles. The van der Waals surface area contributed by atoms with Crippen molar-refractivity contribution < 1.29 is 9.13 Å². The first kappa shape index (κ1) is 14.4. The number of thiocarbonyl (C=S) groups is 1. The van der Waals surface area contributed by atoms with E-state index in [1.54, 1.807) is 25.3 Å². The highest BCUT2D eigenvalue weighted by molar-refractivity contribution is 7.80. The van der Waals surface area contributed by atoms with E-state index < -0.39 is 0 Å². The molecule has 0 bridgehead atoms. The monoisotopic (exact) mass is 269 g/mol. The predicted molar refractivity (Wildman–Crippen MR) is 74.2 cm³/mol. The van der Waals surface area contributed by atoms with E-state index in [9.17, 15) is 4.39 Å². The van der Waals surface area contributed by atoms with Crippen LogP contribution in [-0.4, -0.2) is 25.4 Å². The fourth-order valence-corrected chi connectivity index (χ4v) is 1.37. The molecule has 18 heavy (non-hydrogen) atoms. The van der Waals surface area contributed by atoms with Crippen LogP contribution in [0.1, 0.15) is 5.56 Å². The van der Waals surface area contributed by atoms with Crippen LogP contribution in [0.4, 0.5) is 4.39 Å². The highest BCUT2D eigenvalue weighted by atomic mass is 32.1. The Kier molecular flexibility index (Phi) is 6.10. The fourth-order valence-electron chi connectivity index (χ4n) is 1.22. The van der Waals surface area contributed by atoms with Crippen molar-refractivity contribution in [2.75, 3.05) is 20.3 Å². The Morgan fingerprint density at radius 2 is 2.11 bits per heavy atom. The Morgan fingerprint density at radius 1 is 1.39 bits per heavy atom. The van der Waals surface area contributed by atoms with Gasteiger partial charge < -0.3 is 10.1 Å². The molecule has 0 saturated heterocycles. The fraction of sp³-hybridized carbons (Fsp3) is 0.250. The largest absolute Gasteiger partial charge is 0.383 e. The molecule has 0 aliphatic carbocycles. The molecule has 4 nitrogen and oxygen atoms in total. The number of halogens is 1. The van der Waals surface area contributed by atoms with Gasteiger partial charge in [0.25, 0.3) is 0 Å². The van der Waals surface area contributed by atoms with Crippen LogP contribution in [0.25, 0.3) is 5.70 Å². The first-order chi connectivity index (χ1) is 8.65. The van der Waals surface area contributed by atoms with Crippen LogP contribution in [0.2, 0.25) is 0 Å². The van der Waals surface area contributed by atoms with Crippen molar-refractivity contribution in [3.8, 4) is 0 Å². The summed E-state index contributed by atoms with van der Waals surface area (Å²) in [6, 6.07) is 6.36. The minimum atomic E-state index is -0.338. The molecule has 6 heteroatoms. The lowest BCUT2D eigenvalue weighted by molar-refractivity contribution is 0.204. The molecule has 0 spiro atoms. The van der Waals surface area contributed by atoms with Gasteiger partial charge in [0.2, 0.25) is 0 Å². The Bertz CT molecular complexity index is 426. The van der Waals surface area contributed by atoms with E-state index in [4.69, 9.17) is 17.0 Å². The van der Waals surface area contributed by atoms with Gasteiger partial charge >= 0.3 is 0 Å². The van der Waals surface area contributed by atoms with Crippen molar-refractivity contribution in [2.24, 2.45) is 0 Å². The number of methoxy groups -OCH3 is 1. The van der Waals surface area contributed by atoms with E-state index in [1.807, 2.05) is 0 Å². The smallest absolute Gasteiger partial charge is 0.185 e. The standard InChI is InChI=1S/C12H16FN3OS/c1-9(10-5-3-4-6-11(10)13)15-16-12(18)14-7-8-17-2/h3-6,15H,1,7-8H2,2H3,(H2,14,16,18). The molecule has 0 amide bonds. The topological polar surface area (TPSA) is 45.3 Å². The summed E-state index contributed by atoms with van der Waals surface area (Å²) in [5.74, 6) is -0.338. The second-order valence-corrected chi connectivity index (χ2v) is 3.87. The average molecular weight is 269 g/mol. The van der Waals surface area contributed by atoms with Gasteiger partial charge in [-0.25, -0.2) is 4.39 Å². The SMILES string of the molecule is C=C(NNC(=S)NCCOC)c1ccccc1F. The van der Waals surface area contributed by atoms with E-state index in [2.05, 4.69) is 22.7 Å². The summed E-state index contributed by atoms with van der Waals surface area (Å²) in [6.07, 6.45) is 0. The third-order valence-corrected chi connectivity index (χ3v) is 2.36. The molecule has 1 rings (SSSR count). The van der Waals surface area contributed by atoms with Gasteiger partial charge in [0.05, 0.1) is 12.3 Å². The van der Waals surface area contributed by atoms with Gasteiger partial charge in [0.15, 0.2) is 5.11 Å². The number of hydrogen-bond donors (Lipinski definition) is 3. The highest BCUT2D eigenvalue weighted by Crippen LogP contribution is 2.12. The molecule has 0 aliphatic heterocycles. The second-order valence-electron chi connectivity index (χ2n) is 3.46. The van der Waals surface area contributed by atoms with E-state index in [0.29, 0.717) is 29.5 Å². The number of hydrogen-bond acceptors (Lipinski definition) is 3. The van der Waals surface area contributed by atoms with Crippen LogP contribution in [0.5, 0.6) is 0 Å². The van der Waals surface area contributed by atoms with Gasteiger partial charge in [0.1, 0.15) is 5.82 Å². The first-order valence-corrected chi connectivity index (χ1v) is 5.78. The van der Waals surface area contributed by atoms with Gasteiger partial charge in [-0.3, -0.25) is 10.9 Å². The van der Waals surface area contributed by atoms with Crippen LogP contribution < -0.4 is 16.2 Å². The zero-order chi connectivity index (χ0) is 13.4. The molecule has 0 saturated carbocycles. The van der Waals surface area contributed by atoms with Crippen molar-refractivity contribution in [2.45, 2.75) is 0 Å². The van der Waals surface area contributed by atoms with Gasteiger partial charge in [-0.1, -0.05) is 18.7 Å². The molecule has 0 unspecified atom stereocenters. The van der Waals surface area contributed by atoms with E-state index in [-0.39, 0.29) is 5.82 Å². The van der Waals surface area contributed by atoms with Gasteiger partial charge in [-0.2, -0.15) is 0 Å². The number of benzene rings is 1. The molecule has 1 aromatic rings. The molecule has 3 N–H and O–H groups in total. The first-order valence-electron chi connectivity index (χ1n) is 5.37. The maximum Gasteiger partial charge on any atom is 0.185 e. The third-order valence-electron chi connectivity index (χ3n) is 2.12. The van der Waals surface area contributed by atoms with Gasteiger partial charge in [0, 0.05) is 19.2 Å². The van der Waals surface area contributed by atoms with Crippen molar-refractivity contribution in [1.82, 2.24) is 16.2 Å². The summed E-state index contributed by atoms with van der Waals surface area (Å²) < 4.78 is 18.3. The molecule has 0 atom stereocenters. The van der Waals surface area contributed by atoms with Crippen LogP contribution in [0.15, 0.2) is 30.8 Å². The average Bonchev–Trinajstić information content (AvgIpc) is 2.37. The maximum absolute atomic E-state index is 13.4. The Morgan fingerprint density at radius 3 is 2.78 bits per heavy atom. The number of hydrazine groups is 1. The Labute approximate surface area is 111 Å². The quantitative estimate of drug-likeness (QED) is 0.414. The second kappa shape index (κ2) is 7.62. The third kappa shape index (κ3) is 4.68.